The number of hydrogen-bond acceptors (Lipinski definition) is 6. The molecule has 0 saturated heterocycles. The van der Waals surface area contributed by atoms with E-state index in [-0.39, 0.29) is 16.5 Å². The van der Waals surface area contributed by atoms with Crippen molar-refractivity contribution in [1.29, 1.82) is 0 Å². The van der Waals surface area contributed by atoms with Crippen molar-refractivity contribution >= 4 is 58.5 Å². The highest BCUT2D eigenvalue weighted by atomic mass is 79.9. The first-order valence-electron chi connectivity index (χ1n) is 9.02. The number of benzene rings is 2. The van der Waals surface area contributed by atoms with Crippen molar-refractivity contribution in [3.63, 3.8) is 0 Å². The van der Waals surface area contributed by atoms with Gasteiger partial charge in [-0.1, -0.05) is 11.3 Å². The number of hydrogen-bond donors (Lipinski definition) is 2. The van der Waals surface area contributed by atoms with Crippen LogP contribution in [-0.2, 0) is 10.0 Å². The molecule has 1 aromatic heterocycles. The van der Waals surface area contributed by atoms with E-state index >= 15 is 0 Å². The lowest BCUT2D eigenvalue weighted by molar-refractivity contribution is 0.102. The Hall–Kier alpha value is -2.01. The average Bonchev–Trinajstić information content (AvgIpc) is 3.38. The highest BCUT2D eigenvalue weighted by molar-refractivity contribution is 9.10. The second kappa shape index (κ2) is 8.02. The predicted molar refractivity (Wildman–Crippen MR) is 116 cm³/mol. The largest absolute Gasteiger partial charge is 0.494 e. The molecule has 0 bridgehead atoms. The van der Waals surface area contributed by atoms with Gasteiger partial charge in [0.25, 0.3) is 5.91 Å². The van der Waals surface area contributed by atoms with Crippen molar-refractivity contribution in [3.8, 4) is 5.75 Å². The number of aromatic nitrogens is 1. The Kier molecular flexibility index (Phi) is 5.60. The fourth-order valence-electron chi connectivity index (χ4n) is 2.71. The Labute approximate surface area is 180 Å². The maximum absolute atomic E-state index is 12.8. The molecule has 1 amide bonds. The highest BCUT2D eigenvalue weighted by Crippen LogP contribution is 2.30. The molecule has 4 rings (SSSR count). The first-order valence-corrected chi connectivity index (χ1v) is 12.1. The minimum absolute atomic E-state index is 0.00903. The third-order valence-electron chi connectivity index (χ3n) is 4.28. The Morgan fingerprint density at radius 1 is 1.28 bits per heavy atom. The SMILES string of the molecule is CCOc1ccc2nc(NC(=O)c3cc(S(=O)(=O)NC4CC4)ccc3Br)sc2c1. The summed E-state index contributed by atoms with van der Waals surface area (Å²) in [6.45, 7) is 2.48. The van der Waals surface area contributed by atoms with Gasteiger partial charge in [-0.2, -0.15) is 0 Å². The van der Waals surface area contributed by atoms with Gasteiger partial charge in [0.05, 0.1) is 27.3 Å². The number of ether oxygens (including phenoxy) is 1. The summed E-state index contributed by atoms with van der Waals surface area (Å²) in [4.78, 5) is 17.3. The number of nitrogens with one attached hydrogen (secondary N) is 2. The topological polar surface area (TPSA) is 97.4 Å². The van der Waals surface area contributed by atoms with E-state index in [2.05, 4.69) is 31.0 Å². The molecule has 1 aliphatic rings. The third kappa shape index (κ3) is 4.61. The fourth-order valence-corrected chi connectivity index (χ4v) is 5.36. The lowest BCUT2D eigenvalue weighted by Gasteiger charge is -2.09. The quantitative estimate of drug-likeness (QED) is 0.512. The number of rotatable bonds is 7. The standard InChI is InChI=1S/C19H18BrN3O4S2/c1-2-27-12-5-8-16-17(9-12)28-19(21-16)22-18(24)14-10-13(6-7-15(14)20)29(25,26)23-11-3-4-11/h5-11,23H,2-4H2,1H3,(H,21,22,24). The van der Waals surface area contributed by atoms with Crippen LogP contribution in [0.3, 0.4) is 0 Å². The Morgan fingerprint density at radius 2 is 2.07 bits per heavy atom. The zero-order chi connectivity index (χ0) is 20.6. The smallest absolute Gasteiger partial charge is 0.258 e. The van der Waals surface area contributed by atoms with Crippen LogP contribution in [0.1, 0.15) is 30.1 Å². The van der Waals surface area contributed by atoms with Gasteiger partial charge in [0.1, 0.15) is 5.75 Å². The Bertz CT molecular complexity index is 1190. The fraction of sp³-hybridized carbons (Fsp3) is 0.263. The van der Waals surface area contributed by atoms with E-state index in [0.717, 1.165) is 28.8 Å². The summed E-state index contributed by atoms with van der Waals surface area (Å²) in [5, 5.41) is 3.18. The van der Waals surface area contributed by atoms with Gasteiger partial charge in [-0.05, 0) is 72.1 Å². The molecular formula is C19H18BrN3O4S2. The van der Waals surface area contributed by atoms with Crippen LogP contribution < -0.4 is 14.8 Å². The molecule has 29 heavy (non-hydrogen) atoms. The van der Waals surface area contributed by atoms with Crippen LogP contribution >= 0.6 is 27.3 Å². The summed E-state index contributed by atoms with van der Waals surface area (Å²) < 4.78 is 34.4. The zero-order valence-corrected chi connectivity index (χ0v) is 18.7. The van der Waals surface area contributed by atoms with Crippen molar-refractivity contribution in [2.45, 2.75) is 30.7 Å². The number of fused-ring (bicyclic) bond motifs is 1. The summed E-state index contributed by atoms with van der Waals surface area (Å²) in [6, 6.07) is 9.92. The molecular weight excluding hydrogens is 478 g/mol. The summed E-state index contributed by atoms with van der Waals surface area (Å²) in [5.41, 5.74) is 0.968. The van der Waals surface area contributed by atoms with Crippen LogP contribution in [-0.4, -0.2) is 32.0 Å². The summed E-state index contributed by atoms with van der Waals surface area (Å²) in [6.07, 6.45) is 1.68. The molecule has 0 unspecified atom stereocenters. The van der Waals surface area contributed by atoms with E-state index in [9.17, 15) is 13.2 Å². The maximum Gasteiger partial charge on any atom is 0.258 e. The molecule has 10 heteroatoms. The van der Waals surface area contributed by atoms with Gasteiger partial charge in [0.15, 0.2) is 5.13 Å². The van der Waals surface area contributed by atoms with Crippen molar-refractivity contribution in [2.24, 2.45) is 0 Å². The van der Waals surface area contributed by atoms with Crippen LogP contribution in [0.15, 0.2) is 45.8 Å². The van der Waals surface area contributed by atoms with Gasteiger partial charge in [0.2, 0.25) is 10.0 Å². The lowest BCUT2D eigenvalue weighted by Crippen LogP contribution is -2.26. The molecule has 0 aliphatic heterocycles. The number of amides is 1. The van der Waals surface area contributed by atoms with E-state index in [1.807, 2.05) is 25.1 Å². The molecule has 1 saturated carbocycles. The molecule has 1 aliphatic carbocycles. The Morgan fingerprint density at radius 3 is 2.79 bits per heavy atom. The molecule has 0 spiro atoms. The van der Waals surface area contributed by atoms with Crippen molar-refractivity contribution < 1.29 is 17.9 Å². The monoisotopic (exact) mass is 495 g/mol. The number of sulfonamides is 1. The van der Waals surface area contributed by atoms with Crippen LogP contribution in [0.25, 0.3) is 10.2 Å². The predicted octanol–water partition coefficient (Wildman–Crippen LogP) is 4.15. The molecule has 152 valence electrons. The van der Waals surface area contributed by atoms with E-state index in [4.69, 9.17) is 4.74 Å². The first kappa shape index (κ1) is 20.3. The lowest BCUT2D eigenvalue weighted by atomic mass is 10.2. The number of carbonyl (C=O) groups excluding carboxylic acids is 1. The second-order valence-electron chi connectivity index (χ2n) is 6.57. The van der Waals surface area contributed by atoms with Crippen LogP contribution in [0.5, 0.6) is 5.75 Å². The van der Waals surface area contributed by atoms with Crippen molar-refractivity contribution in [1.82, 2.24) is 9.71 Å². The number of carbonyl (C=O) groups is 1. The van der Waals surface area contributed by atoms with Gasteiger partial charge >= 0.3 is 0 Å². The minimum atomic E-state index is -3.65. The molecule has 3 aromatic rings. The summed E-state index contributed by atoms with van der Waals surface area (Å²) in [5.74, 6) is 0.301. The summed E-state index contributed by atoms with van der Waals surface area (Å²) >= 11 is 4.65. The normalized spacial score (nSPS) is 14.1. The third-order valence-corrected chi connectivity index (χ3v) is 7.43. The van der Waals surface area contributed by atoms with Crippen molar-refractivity contribution in [2.75, 3.05) is 11.9 Å². The summed E-state index contributed by atoms with van der Waals surface area (Å²) in [7, 11) is -3.65. The Balaban J connectivity index is 1.58. The highest BCUT2D eigenvalue weighted by Gasteiger charge is 2.28. The van der Waals surface area contributed by atoms with E-state index in [1.54, 1.807) is 6.07 Å². The molecule has 1 heterocycles. The van der Waals surface area contributed by atoms with E-state index in [1.165, 1.54) is 23.5 Å². The molecule has 1 fully saturated rings. The molecule has 2 N–H and O–H groups in total. The second-order valence-corrected chi connectivity index (χ2v) is 10.2. The average molecular weight is 496 g/mol. The minimum Gasteiger partial charge on any atom is -0.494 e. The van der Waals surface area contributed by atoms with Crippen molar-refractivity contribution in [3.05, 3.63) is 46.4 Å². The zero-order valence-electron chi connectivity index (χ0n) is 15.4. The molecule has 7 nitrogen and oxygen atoms in total. The van der Waals surface area contributed by atoms with Crippen LogP contribution in [0.2, 0.25) is 0 Å². The van der Waals surface area contributed by atoms with Crippen LogP contribution in [0.4, 0.5) is 5.13 Å². The van der Waals surface area contributed by atoms with Gasteiger partial charge in [-0.15, -0.1) is 0 Å². The van der Waals surface area contributed by atoms with E-state index in [0.29, 0.717) is 16.2 Å². The molecule has 0 radical (unpaired) electrons. The van der Waals surface area contributed by atoms with Gasteiger partial charge < -0.3 is 4.74 Å². The number of thiazole rings is 1. The first-order chi connectivity index (χ1) is 13.9. The molecule has 2 aromatic carbocycles. The number of nitrogens with zero attached hydrogens (tertiary/aromatic N) is 1. The van der Waals surface area contributed by atoms with Gasteiger partial charge in [0, 0.05) is 10.5 Å². The number of anilines is 1. The van der Waals surface area contributed by atoms with Gasteiger partial charge in [-0.25, -0.2) is 18.1 Å². The van der Waals surface area contributed by atoms with Crippen LogP contribution in [0, 0.1) is 0 Å². The number of halogens is 1. The van der Waals surface area contributed by atoms with Gasteiger partial charge in [-0.3, -0.25) is 10.1 Å². The maximum atomic E-state index is 12.8. The molecule has 0 atom stereocenters. The van der Waals surface area contributed by atoms with E-state index < -0.39 is 15.9 Å².